The predicted molar refractivity (Wildman–Crippen MR) is 99.9 cm³/mol. The average Bonchev–Trinajstić information content (AvgIpc) is 3.11. The van der Waals surface area contributed by atoms with Crippen molar-refractivity contribution in [2.45, 2.75) is 58.8 Å². The van der Waals surface area contributed by atoms with Gasteiger partial charge in [-0.15, -0.1) is 0 Å². The average molecular weight is 356 g/mol. The largest absolute Gasteiger partial charge is 0.370 e. The lowest BCUT2D eigenvalue weighted by Crippen LogP contribution is -2.43. The molecule has 140 valence electrons. The molecule has 6 heteroatoms. The van der Waals surface area contributed by atoms with Gasteiger partial charge < -0.3 is 9.64 Å². The summed E-state index contributed by atoms with van der Waals surface area (Å²) >= 11 is 0. The van der Waals surface area contributed by atoms with Crippen molar-refractivity contribution in [3.63, 3.8) is 0 Å². The standard InChI is InChI=1S/C20H28N4O2/c1-4-24-19(12-18(22-24)15(2)3)20(25)23-11-7-9-17(13-23)26-14-16-8-5-6-10-21-16/h5-6,8,10,12,15,17H,4,7,9,11,13-14H2,1-3H3/t17-/m0/s1. The zero-order valence-corrected chi connectivity index (χ0v) is 15.9. The van der Waals surface area contributed by atoms with E-state index in [0.29, 0.717) is 31.3 Å². The lowest BCUT2D eigenvalue weighted by Gasteiger charge is -2.32. The number of aryl methyl sites for hydroxylation is 1. The number of hydrogen-bond acceptors (Lipinski definition) is 4. The van der Waals surface area contributed by atoms with E-state index in [4.69, 9.17) is 4.74 Å². The molecule has 0 unspecified atom stereocenters. The van der Waals surface area contributed by atoms with E-state index in [1.807, 2.05) is 40.8 Å². The van der Waals surface area contributed by atoms with Crippen LogP contribution in [0.1, 0.15) is 61.4 Å². The van der Waals surface area contributed by atoms with Gasteiger partial charge in [-0.2, -0.15) is 5.10 Å². The van der Waals surface area contributed by atoms with E-state index in [-0.39, 0.29) is 12.0 Å². The highest BCUT2D eigenvalue weighted by Gasteiger charge is 2.27. The van der Waals surface area contributed by atoms with E-state index in [1.54, 1.807) is 6.20 Å². The molecule has 3 rings (SSSR count). The minimum absolute atomic E-state index is 0.0530. The fourth-order valence-corrected chi connectivity index (χ4v) is 3.24. The number of carbonyl (C=O) groups excluding carboxylic acids is 1. The Morgan fingerprint density at radius 3 is 2.92 bits per heavy atom. The van der Waals surface area contributed by atoms with Gasteiger partial charge in [0.25, 0.3) is 5.91 Å². The lowest BCUT2D eigenvalue weighted by molar-refractivity contribution is -0.00817. The first-order valence-electron chi connectivity index (χ1n) is 9.47. The van der Waals surface area contributed by atoms with Gasteiger partial charge in [0.05, 0.1) is 24.1 Å². The molecule has 0 bridgehead atoms. The third-order valence-electron chi connectivity index (χ3n) is 4.77. The van der Waals surface area contributed by atoms with Crippen molar-refractivity contribution in [3.05, 3.63) is 47.5 Å². The Kier molecular flexibility index (Phi) is 6.04. The smallest absolute Gasteiger partial charge is 0.272 e. The van der Waals surface area contributed by atoms with Crippen molar-refractivity contribution in [2.75, 3.05) is 13.1 Å². The highest BCUT2D eigenvalue weighted by molar-refractivity contribution is 5.92. The van der Waals surface area contributed by atoms with Gasteiger partial charge in [0.15, 0.2) is 0 Å². The van der Waals surface area contributed by atoms with Gasteiger partial charge in [-0.3, -0.25) is 14.5 Å². The minimum Gasteiger partial charge on any atom is -0.370 e. The van der Waals surface area contributed by atoms with E-state index in [0.717, 1.165) is 30.8 Å². The Bertz CT molecular complexity index is 727. The Balaban J connectivity index is 1.64. The molecule has 0 aromatic carbocycles. The summed E-state index contributed by atoms with van der Waals surface area (Å²) in [6.07, 6.45) is 3.75. The van der Waals surface area contributed by atoms with Gasteiger partial charge in [0.2, 0.25) is 0 Å². The van der Waals surface area contributed by atoms with Crippen LogP contribution < -0.4 is 0 Å². The number of rotatable bonds is 6. The molecule has 3 heterocycles. The first-order valence-corrected chi connectivity index (χ1v) is 9.47. The molecule has 2 aromatic rings. The molecule has 0 spiro atoms. The number of piperidine rings is 1. The molecule has 1 amide bonds. The molecular weight excluding hydrogens is 328 g/mol. The SMILES string of the molecule is CCn1nc(C(C)C)cc1C(=O)N1CCC[C@H](OCc2ccccn2)C1. The quantitative estimate of drug-likeness (QED) is 0.797. The molecule has 6 nitrogen and oxygen atoms in total. The van der Waals surface area contributed by atoms with E-state index in [2.05, 4.69) is 23.9 Å². The summed E-state index contributed by atoms with van der Waals surface area (Å²) in [6.45, 7) is 8.78. The van der Waals surface area contributed by atoms with Crippen LogP contribution in [0.4, 0.5) is 0 Å². The number of aromatic nitrogens is 3. The molecule has 2 aromatic heterocycles. The Labute approximate surface area is 155 Å². The van der Waals surface area contributed by atoms with Crippen molar-refractivity contribution in [1.29, 1.82) is 0 Å². The van der Waals surface area contributed by atoms with Gasteiger partial charge in [-0.05, 0) is 43.9 Å². The van der Waals surface area contributed by atoms with Crippen molar-refractivity contribution in [3.8, 4) is 0 Å². The maximum absolute atomic E-state index is 13.0. The summed E-state index contributed by atoms with van der Waals surface area (Å²) in [5.74, 6) is 0.363. The molecule has 0 aliphatic carbocycles. The third kappa shape index (κ3) is 4.30. The summed E-state index contributed by atoms with van der Waals surface area (Å²) in [7, 11) is 0. The second kappa shape index (κ2) is 8.45. The summed E-state index contributed by atoms with van der Waals surface area (Å²) in [6, 6.07) is 7.75. The van der Waals surface area contributed by atoms with Crippen LogP contribution in [0.5, 0.6) is 0 Å². The molecule has 1 saturated heterocycles. The molecule has 1 aliphatic heterocycles. The first-order chi connectivity index (χ1) is 12.6. The molecule has 1 fully saturated rings. The number of amides is 1. The Morgan fingerprint density at radius 1 is 1.38 bits per heavy atom. The molecule has 1 atom stereocenters. The maximum atomic E-state index is 13.0. The van der Waals surface area contributed by atoms with E-state index in [9.17, 15) is 4.79 Å². The highest BCUT2D eigenvalue weighted by atomic mass is 16.5. The maximum Gasteiger partial charge on any atom is 0.272 e. The Hall–Kier alpha value is -2.21. The van der Waals surface area contributed by atoms with Gasteiger partial charge in [0.1, 0.15) is 5.69 Å². The monoisotopic (exact) mass is 356 g/mol. The summed E-state index contributed by atoms with van der Waals surface area (Å²) in [5, 5.41) is 4.57. The molecule has 0 radical (unpaired) electrons. The van der Waals surface area contributed by atoms with Crippen molar-refractivity contribution in [2.24, 2.45) is 0 Å². The number of hydrogen-bond donors (Lipinski definition) is 0. The summed E-state index contributed by atoms with van der Waals surface area (Å²) in [4.78, 5) is 19.2. The van der Waals surface area contributed by atoms with Crippen LogP contribution in [-0.2, 0) is 17.9 Å². The van der Waals surface area contributed by atoms with Crippen LogP contribution in [0.15, 0.2) is 30.5 Å². The van der Waals surface area contributed by atoms with Crippen LogP contribution in [0, 0.1) is 0 Å². The van der Waals surface area contributed by atoms with E-state index in [1.165, 1.54) is 0 Å². The third-order valence-corrected chi connectivity index (χ3v) is 4.77. The van der Waals surface area contributed by atoms with Gasteiger partial charge in [-0.25, -0.2) is 0 Å². The van der Waals surface area contributed by atoms with E-state index >= 15 is 0 Å². The minimum atomic E-state index is 0.0530. The van der Waals surface area contributed by atoms with Crippen LogP contribution >= 0.6 is 0 Å². The van der Waals surface area contributed by atoms with Crippen LogP contribution in [-0.4, -0.2) is 44.8 Å². The summed E-state index contributed by atoms with van der Waals surface area (Å²) < 4.78 is 7.82. The molecule has 1 aliphatic rings. The topological polar surface area (TPSA) is 60.2 Å². The molecule has 0 saturated carbocycles. The molecule has 0 N–H and O–H groups in total. The van der Waals surface area contributed by atoms with Gasteiger partial charge >= 0.3 is 0 Å². The van der Waals surface area contributed by atoms with Crippen molar-refractivity contribution in [1.82, 2.24) is 19.7 Å². The first kappa shape index (κ1) is 18.6. The number of likely N-dealkylation sites (tertiary alicyclic amines) is 1. The second-order valence-electron chi connectivity index (χ2n) is 7.07. The lowest BCUT2D eigenvalue weighted by atomic mass is 10.1. The normalized spacial score (nSPS) is 17.7. The zero-order chi connectivity index (χ0) is 18.5. The van der Waals surface area contributed by atoms with Crippen molar-refractivity contribution >= 4 is 5.91 Å². The van der Waals surface area contributed by atoms with Crippen LogP contribution in [0.2, 0.25) is 0 Å². The zero-order valence-electron chi connectivity index (χ0n) is 15.9. The van der Waals surface area contributed by atoms with Gasteiger partial charge in [0, 0.05) is 25.8 Å². The number of nitrogens with zero attached hydrogens (tertiary/aromatic N) is 4. The number of carbonyl (C=O) groups is 1. The fraction of sp³-hybridized carbons (Fsp3) is 0.550. The Morgan fingerprint density at radius 2 is 2.23 bits per heavy atom. The highest BCUT2D eigenvalue weighted by Crippen LogP contribution is 2.20. The predicted octanol–water partition coefficient (Wildman–Crippen LogP) is 3.24. The molecule has 26 heavy (non-hydrogen) atoms. The number of ether oxygens (including phenoxy) is 1. The van der Waals surface area contributed by atoms with Crippen LogP contribution in [0.25, 0.3) is 0 Å². The van der Waals surface area contributed by atoms with Crippen LogP contribution in [0.3, 0.4) is 0 Å². The van der Waals surface area contributed by atoms with E-state index < -0.39 is 0 Å². The summed E-state index contributed by atoms with van der Waals surface area (Å²) in [5.41, 5.74) is 2.57. The molecular formula is C20H28N4O2. The number of pyridine rings is 1. The fourth-order valence-electron chi connectivity index (χ4n) is 3.24. The van der Waals surface area contributed by atoms with Gasteiger partial charge in [-0.1, -0.05) is 19.9 Å². The second-order valence-corrected chi connectivity index (χ2v) is 7.07. The van der Waals surface area contributed by atoms with Crippen molar-refractivity contribution < 1.29 is 9.53 Å².